The minimum absolute atomic E-state index is 0.0665. The second-order valence-corrected chi connectivity index (χ2v) is 4.71. The van der Waals surface area contributed by atoms with E-state index in [9.17, 15) is 5.11 Å². The van der Waals surface area contributed by atoms with Crippen molar-refractivity contribution in [3.8, 4) is 0 Å². The molecule has 0 radical (unpaired) electrons. The molecule has 0 bridgehead atoms. The summed E-state index contributed by atoms with van der Waals surface area (Å²) in [5, 5.41) is 19.7. The van der Waals surface area contributed by atoms with Crippen LogP contribution in [0.5, 0.6) is 0 Å². The van der Waals surface area contributed by atoms with Crippen LogP contribution in [-0.2, 0) is 0 Å². The minimum atomic E-state index is -0.601. The highest BCUT2D eigenvalue weighted by Gasteiger charge is 2.26. The maximum atomic E-state index is 10.6. The van der Waals surface area contributed by atoms with Crippen LogP contribution < -0.4 is 0 Å². The van der Waals surface area contributed by atoms with Crippen LogP contribution in [-0.4, -0.2) is 22.4 Å². The highest BCUT2D eigenvalue weighted by molar-refractivity contribution is 5.05. The molecule has 0 heterocycles. The van der Waals surface area contributed by atoms with Gasteiger partial charge < -0.3 is 10.2 Å². The first-order valence-corrected chi connectivity index (χ1v) is 6.59. The Labute approximate surface area is 100 Å². The monoisotopic (exact) mass is 228 g/mol. The molecule has 16 heavy (non-hydrogen) atoms. The Hall–Kier alpha value is -0.340. The number of hydrogen-bond acceptors (Lipinski definition) is 2. The van der Waals surface area contributed by atoms with Gasteiger partial charge in [-0.25, -0.2) is 0 Å². The largest absolute Gasteiger partial charge is 0.392 e. The molecule has 2 nitrogen and oxygen atoms in total. The zero-order valence-corrected chi connectivity index (χ0v) is 11.1. The number of allylic oxidation sites excluding steroid dienone is 1. The topological polar surface area (TPSA) is 40.5 Å². The molecular formula is C14H28O2. The molecule has 0 fully saturated rings. The van der Waals surface area contributed by atoms with E-state index in [1.807, 2.05) is 13.0 Å². The fourth-order valence-corrected chi connectivity index (χ4v) is 1.99. The second-order valence-electron chi connectivity index (χ2n) is 4.71. The zero-order chi connectivity index (χ0) is 12.4. The van der Waals surface area contributed by atoms with Crippen molar-refractivity contribution in [1.82, 2.24) is 0 Å². The van der Waals surface area contributed by atoms with Gasteiger partial charge in [0.25, 0.3) is 0 Å². The molecule has 0 saturated carbocycles. The summed E-state index contributed by atoms with van der Waals surface area (Å²) in [5.41, 5.74) is 0.353. The Kier molecular flexibility index (Phi) is 8.58. The van der Waals surface area contributed by atoms with Crippen LogP contribution >= 0.6 is 0 Å². The summed E-state index contributed by atoms with van der Waals surface area (Å²) in [6, 6.07) is 0. The van der Waals surface area contributed by atoms with Gasteiger partial charge in [0.15, 0.2) is 0 Å². The molecule has 0 aliphatic rings. The lowest BCUT2D eigenvalue weighted by Crippen LogP contribution is -2.29. The molecule has 0 aromatic heterocycles. The van der Waals surface area contributed by atoms with Gasteiger partial charge in [0.1, 0.15) is 0 Å². The Morgan fingerprint density at radius 2 is 1.62 bits per heavy atom. The highest BCUT2D eigenvalue weighted by atomic mass is 16.3. The molecule has 0 atom stereocenters. The number of aliphatic hydroxyl groups is 2. The van der Waals surface area contributed by atoms with E-state index in [0.29, 0.717) is 6.42 Å². The van der Waals surface area contributed by atoms with E-state index < -0.39 is 5.60 Å². The highest BCUT2D eigenvalue weighted by Crippen LogP contribution is 2.28. The van der Waals surface area contributed by atoms with Gasteiger partial charge in [0.2, 0.25) is 0 Å². The van der Waals surface area contributed by atoms with E-state index >= 15 is 0 Å². The predicted octanol–water partition coefficient (Wildman–Crippen LogP) is 3.43. The predicted molar refractivity (Wildman–Crippen MR) is 69.5 cm³/mol. The molecule has 0 aliphatic heterocycles. The number of unbranched alkanes of at least 4 members (excludes halogenated alkanes) is 2. The normalized spacial score (nSPS) is 13.2. The van der Waals surface area contributed by atoms with Crippen LogP contribution in [0.3, 0.4) is 0 Å². The van der Waals surface area contributed by atoms with Crippen LogP contribution in [0.15, 0.2) is 11.6 Å². The van der Waals surface area contributed by atoms with E-state index in [-0.39, 0.29) is 6.61 Å². The fourth-order valence-electron chi connectivity index (χ4n) is 1.99. The van der Waals surface area contributed by atoms with Crippen molar-refractivity contribution >= 4 is 0 Å². The summed E-state index contributed by atoms with van der Waals surface area (Å²) in [6.07, 6.45) is 8.58. The van der Waals surface area contributed by atoms with Gasteiger partial charge >= 0.3 is 0 Å². The first kappa shape index (κ1) is 15.7. The summed E-state index contributed by atoms with van der Waals surface area (Å²) >= 11 is 0. The van der Waals surface area contributed by atoms with E-state index in [2.05, 4.69) is 13.8 Å². The van der Waals surface area contributed by atoms with Crippen molar-refractivity contribution in [2.45, 2.75) is 71.3 Å². The van der Waals surface area contributed by atoms with Gasteiger partial charge in [0.05, 0.1) is 12.2 Å². The molecule has 0 saturated heterocycles. The standard InChI is InChI=1S/C14H28O2/c1-4-7-9-14(16,10-8-5-2)11-13(6-3)12-15/h6,15-16H,4-5,7-12H2,1-3H3/b13-6+. The lowest BCUT2D eigenvalue weighted by atomic mass is 9.85. The van der Waals surface area contributed by atoms with Gasteiger partial charge in [-0.3, -0.25) is 0 Å². The van der Waals surface area contributed by atoms with Crippen LogP contribution in [0, 0.1) is 0 Å². The van der Waals surface area contributed by atoms with Crippen LogP contribution in [0.2, 0.25) is 0 Å². The lowest BCUT2D eigenvalue weighted by molar-refractivity contribution is 0.0166. The van der Waals surface area contributed by atoms with E-state index in [4.69, 9.17) is 5.11 Å². The molecule has 2 N–H and O–H groups in total. The zero-order valence-electron chi connectivity index (χ0n) is 11.1. The maximum Gasteiger partial charge on any atom is 0.0685 e. The second kappa shape index (κ2) is 8.77. The van der Waals surface area contributed by atoms with Crippen LogP contribution in [0.25, 0.3) is 0 Å². The molecule has 0 rings (SSSR count). The minimum Gasteiger partial charge on any atom is -0.392 e. The number of rotatable bonds is 9. The molecular weight excluding hydrogens is 200 g/mol. The molecule has 96 valence electrons. The van der Waals surface area contributed by atoms with Crippen molar-refractivity contribution in [2.75, 3.05) is 6.61 Å². The quantitative estimate of drug-likeness (QED) is 0.594. The molecule has 2 heteroatoms. The number of hydrogen-bond donors (Lipinski definition) is 2. The first-order valence-electron chi connectivity index (χ1n) is 6.59. The van der Waals surface area contributed by atoms with Gasteiger partial charge in [-0.2, -0.15) is 0 Å². The van der Waals surface area contributed by atoms with E-state index in [0.717, 1.165) is 44.1 Å². The Morgan fingerprint density at radius 3 is 1.94 bits per heavy atom. The van der Waals surface area contributed by atoms with Crippen molar-refractivity contribution in [1.29, 1.82) is 0 Å². The first-order chi connectivity index (χ1) is 7.61. The van der Waals surface area contributed by atoms with Gasteiger partial charge in [0, 0.05) is 0 Å². The van der Waals surface area contributed by atoms with Crippen LogP contribution in [0.1, 0.15) is 65.7 Å². The smallest absolute Gasteiger partial charge is 0.0685 e. The average Bonchev–Trinajstić information content (AvgIpc) is 2.31. The lowest BCUT2D eigenvalue weighted by Gasteiger charge is -2.29. The Balaban J connectivity index is 4.38. The maximum absolute atomic E-state index is 10.6. The Morgan fingerprint density at radius 1 is 1.12 bits per heavy atom. The van der Waals surface area contributed by atoms with E-state index in [1.54, 1.807) is 0 Å². The molecule has 0 unspecified atom stereocenters. The summed E-state index contributed by atoms with van der Waals surface area (Å²) in [5.74, 6) is 0. The Bertz CT molecular complexity index is 189. The van der Waals surface area contributed by atoms with E-state index in [1.165, 1.54) is 0 Å². The summed E-state index contributed by atoms with van der Waals surface area (Å²) < 4.78 is 0. The third-order valence-corrected chi connectivity index (χ3v) is 3.16. The average molecular weight is 228 g/mol. The SMILES string of the molecule is C/C=C(/CO)CC(O)(CCCC)CCCC. The van der Waals surface area contributed by atoms with Crippen molar-refractivity contribution < 1.29 is 10.2 Å². The number of aliphatic hydroxyl groups excluding tert-OH is 1. The van der Waals surface area contributed by atoms with Gasteiger partial charge in [-0.15, -0.1) is 0 Å². The van der Waals surface area contributed by atoms with Crippen molar-refractivity contribution in [2.24, 2.45) is 0 Å². The third-order valence-electron chi connectivity index (χ3n) is 3.16. The fraction of sp³-hybridized carbons (Fsp3) is 0.857. The van der Waals surface area contributed by atoms with Crippen LogP contribution in [0.4, 0.5) is 0 Å². The van der Waals surface area contributed by atoms with Crippen molar-refractivity contribution in [3.05, 3.63) is 11.6 Å². The summed E-state index contributed by atoms with van der Waals surface area (Å²) in [6.45, 7) is 6.27. The summed E-state index contributed by atoms with van der Waals surface area (Å²) in [7, 11) is 0. The molecule has 0 aromatic rings. The molecule has 0 amide bonds. The van der Waals surface area contributed by atoms with Crippen molar-refractivity contribution in [3.63, 3.8) is 0 Å². The molecule has 0 aliphatic carbocycles. The third kappa shape index (κ3) is 6.29. The summed E-state index contributed by atoms with van der Waals surface area (Å²) in [4.78, 5) is 0. The van der Waals surface area contributed by atoms with Gasteiger partial charge in [-0.05, 0) is 31.8 Å². The van der Waals surface area contributed by atoms with Gasteiger partial charge in [-0.1, -0.05) is 45.6 Å². The molecule has 0 aromatic carbocycles. The molecule has 0 spiro atoms.